The van der Waals surface area contributed by atoms with Gasteiger partial charge >= 0.3 is 0 Å². The summed E-state index contributed by atoms with van der Waals surface area (Å²) in [7, 11) is 0. The molecule has 0 radical (unpaired) electrons. The molecule has 2 aromatic carbocycles. The topological polar surface area (TPSA) is 76.1 Å². The lowest BCUT2D eigenvalue weighted by atomic mass is 10.3. The Bertz CT molecular complexity index is 947. The molecule has 0 fully saturated rings. The number of carbonyl (C=O) groups is 1. The highest BCUT2D eigenvalue weighted by Crippen LogP contribution is 2.29. The summed E-state index contributed by atoms with van der Waals surface area (Å²) in [5.41, 5.74) is 0.683. The van der Waals surface area contributed by atoms with E-state index in [2.05, 4.69) is 27.4 Å². The van der Waals surface area contributed by atoms with Gasteiger partial charge in [-0.15, -0.1) is 16.8 Å². The summed E-state index contributed by atoms with van der Waals surface area (Å²) in [5.74, 6) is 1.33. The Morgan fingerprint density at radius 2 is 2.00 bits per heavy atom. The Morgan fingerprint density at radius 3 is 2.75 bits per heavy atom. The van der Waals surface area contributed by atoms with E-state index < -0.39 is 0 Å². The Labute approximate surface area is 176 Å². The standard InChI is InChI=1S/C19H17ClN4O2S2/c1-2-11-21-18-23-24-19(28-18)27-12-17(25)22-13-7-9-14(10-8-13)26-16-6-4-3-5-15(16)20/h2-10H,1,11-12H2,(H,21,23)(H,22,25). The number of para-hydroxylation sites is 1. The molecule has 28 heavy (non-hydrogen) atoms. The molecule has 3 rings (SSSR count). The minimum Gasteiger partial charge on any atom is -0.456 e. The average molecular weight is 433 g/mol. The van der Waals surface area contributed by atoms with Crippen molar-refractivity contribution in [2.45, 2.75) is 4.34 Å². The minimum atomic E-state index is -0.124. The van der Waals surface area contributed by atoms with E-state index in [1.54, 1.807) is 42.5 Å². The van der Waals surface area contributed by atoms with Crippen LogP contribution in [0, 0.1) is 0 Å². The molecule has 3 aromatic rings. The number of rotatable bonds is 9. The second kappa shape index (κ2) is 10.1. The van der Waals surface area contributed by atoms with E-state index in [0.29, 0.717) is 33.9 Å². The number of nitrogens with zero attached hydrogens (tertiary/aromatic N) is 2. The summed E-state index contributed by atoms with van der Waals surface area (Å²) in [5, 5.41) is 15.2. The molecule has 0 bridgehead atoms. The molecule has 0 aliphatic rings. The molecule has 9 heteroatoms. The third kappa shape index (κ3) is 5.98. The van der Waals surface area contributed by atoms with Gasteiger partial charge in [0.05, 0.1) is 10.8 Å². The van der Waals surface area contributed by atoms with Gasteiger partial charge in [-0.3, -0.25) is 4.79 Å². The zero-order valence-electron chi connectivity index (χ0n) is 14.7. The van der Waals surface area contributed by atoms with Gasteiger partial charge in [0.25, 0.3) is 0 Å². The van der Waals surface area contributed by atoms with Crippen LogP contribution in [0.3, 0.4) is 0 Å². The SMILES string of the molecule is C=CCNc1nnc(SCC(=O)Nc2ccc(Oc3ccccc3Cl)cc2)s1. The maximum absolute atomic E-state index is 12.1. The van der Waals surface area contributed by atoms with Crippen LogP contribution in [0.1, 0.15) is 0 Å². The van der Waals surface area contributed by atoms with Crippen molar-refractivity contribution in [2.75, 3.05) is 22.9 Å². The van der Waals surface area contributed by atoms with Gasteiger partial charge in [0, 0.05) is 12.2 Å². The average Bonchev–Trinajstić information content (AvgIpc) is 3.16. The number of amides is 1. The van der Waals surface area contributed by atoms with Crippen LogP contribution in [-0.4, -0.2) is 28.4 Å². The summed E-state index contributed by atoms with van der Waals surface area (Å²) in [6.45, 7) is 4.26. The predicted octanol–water partition coefficient (Wildman–Crippen LogP) is 5.31. The number of nitrogens with one attached hydrogen (secondary N) is 2. The normalized spacial score (nSPS) is 10.3. The lowest BCUT2D eigenvalue weighted by Crippen LogP contribution is -2.13. The van der Waals surface area contributed by atoms with Crippen LogP contribution >= 0.6 is 34.7 Å². The third-order valence-electron chi connectivity index (χ3n) is 3.33. The summed E-state index contributed by atoms with van der Waals surface area (Å²) in [6.07, 6.45) is 1.74. The molecular weight excluding hydrogens is 416 g/mol. The van der Waals surface area contributed by atoms with Crippen LogP contribution in [0.2, 0.25) is 5.02 Å². The van der Waals surface area contributed by atoms with Crippen LogP contribution in [0.4, 0.5) is 10.8 Å². The van der Waals surface area contributed by atoms with Crippen molar-refractivity contribution in [2.24, 2.45) is 0 Å². The zero-order valence-corrected chi connectivity index (χ0v) is 17.1. The van der Waals surface area contributed by atoms with E-state index in [4.69, 9.17) is 16.3 Å². The largest absolute Gasteiger partial charge is 0.456 e. The van der Waals surface area contributed by atoms with Crippen LogP contribution in [0.5, 0.6) is 11.5 Å². The number of anilines is 2. The highest BCUT2D eigenvalue weighted by Gasteiger charge is 2.09. The molecule has 0 aliphatic carbocycles. The van der Waals surface area contributed by atoms with Gasteiger partial charge in [-0.25, -0.2) is 0 Å². The van der Waals surface area contributed by atoms with Crippen molar-refractivity contribution in [3.05, 3.63) is 66.2 Å². The second-order valence-electron chi connectivity index (χ2n) is 5.44. The van der Waals surface area contributed by atoms with Crippen molar-refractivity contribution in [1.29, 1.82) is 0 Å². The number of aromatic nitrogens is 2. The van der Waals surface area contributed by atoms with Gasteiger partial charge < -0.3 is 15.4 Å². The maximum Gasteiger partial charge on any atom is 0.234 e. The Balaban J connectivity index is 1.48. The molecule has 0 aliphatic heterocycles. The summed E-state index contributed by atoms with van der Waals surface area (Å²) >= 11 is 8.82. The van der Waals surface area contributed by atoms with Gasteiger partial charge in [-0.05, 0) is 36.4 Å². The van der Waals surface area contributed by atoms with Crippen LogP contribution < -0.4 is 15.4 Å². The van der Waals surface area contributed by atoms with E-state index in [9.17, 15) is 4.79 Å². The van der Waals surface area contributed by atoms with Gasteiger partial charge in [0.1, 0.15) is 11.5 Å². The first-order valence-corrected chi connectivity index (χ1v) is 10.5. The molecule has 0 saturated heterocycles. The Kier molecular flexibility index (Phi) is 7.30. The number of halogens is 1. The van der Waals surface area contributed by atoms with Gasteiger partial charge in [0.15, 0.2) is 4.34 Å². The second-order valence-corrected chi connectivity index (χ2v) is 8.04. The molecule has 1 heterocycles. The number of hydrogen-bond acceptors (Lipinski definition) is 7. The fourth-order valence-corrected chi connectivity index (χ4v) is 3.82. The monoisotopic (exact) mass is 432 g/mol. The Morgan fingerprint density at radius 1 is 1.21 bits per heavy atom. The Hall–Kier alpha value is -2.55. The number of carbonyl (C=O) groups excluding carboxylic acids is 1. The minimum absolute atomic E-state index is 0.124. The highest BCUT2D eigenvalue weighted by atomic mass is 35.5. The fraction of sp³-hybridized carbons (Fsp3) is 0.105. The molecule has 0 atom stereocenters. The molecule has 1 aromatic heterocycles. The highest BCUT2D eigenvalue weighted by molar-refractivity contribution is 8.01. The molecule has 0 saturated carbocycles. The van der Waals surface area contributed by atoms with E-state index in [-0.39, 0.29) is 11.7 Å². The van der Waals surface area contributed by atoms with Crippen molar-refractivity contribution in [3.63, 3.8) is 0 Å². The summed E-state index contributed by atoms with van der Waals surface area (Å²) in [6, 6.07) is 14.3. The lowest BCUT2D eigenvalue weighted by Gasteiger charge is -2.09. The number of benzene rings is 2. The quantitative estimate of drug-likeness (QED) is 0.352. The van der Waals surface area contributed by atoms with Crippen LogP contribution in [-0.2, 0) is 4.79 Å². The number of hydrogen-bond donors (Lipinski definition) is 2. The van der Waals surface area contributed by atoms with Crippen molar-refractivity contribution < 1.29 is 9.53 Å². The van der Waals surface area contributed by atoms with E-state index in [1.807, 2.05) is 12.1 Å². The van der Waals surface area contributed by atoms with Crippen molar-refractivity contribution in [1.82, 2.24) is 10.2 Å². The first kappa shape index (κ1) is 20.2. The smallest absolute Gasteiger partial charge is 0.234 e. The molecular formula is C19H17ClN4O2S2. The molecule has 6 nitrogen and oxygen atoms in total. The van der Waals surface area contributed by atoms with E-state index >= 15 is 0 Å². The van der Waals surface area contributed by atoms with Gasteiger partial charge in [-0.1, -0.05) is 52.9 Å². The predicted molar refractivity (Wildman–Crippen MR) is 116 cm³/mol. The van der Waals surface area contributed by atoms with Gasteiger partial charge in [0.2, 0.25) is 11.0 Å². The van der Waals surface area contributed by atoms with Crippen molar-refractivity contribution in [3.8, 4) is 11.5 Å². The maximum atomic E-state index is 12.1. The van der Waals surface area contributed by atoms with Crippen LogP contribution in [0.15, 0.2) is 65.5 Å². The van der Waals surface area contributed by atoms with E-state index in [0.717, 1.165) is 4.34 Å². The van der Waals surface area contributed by atoms with E-state index in [1.165, 1.54) is 23.1 Å². The first-order chi connectivity index (χ1) is 13.6. The van der Waals surface area contributed by atoms with Crippen molar-refractivity contribution >= 4 is 51.4 Å². The number of thioether (sulfide) groups is 1. The summed E-state index contributed by atoms with van der Waals surface area (Å²) in [4.78, 5) is 12.1. The van der Waals surface area contributed by atoms with Gasteiger partial charge in [-0.2, -0.15) is 0 Å². The number of ether oxygens (including phenoxy) is 1. The first-order valence-electron chi connectivity index (χ1n) is 8.27. The summed E-state index contributed by atoms with van der Waals surface area (Å²) < 4.78 is 6.46. The molecule has 0 unspecified atom stereocenters. The fourth-order valence-electron chi connectivity index (χ4n) is 2.08. The molecule has 1 amide bonds. The van der Waals surface area contributed by atoms with Crippen LogP contribution in [0.25, 0.3) is 0 Å². The molecule has 144 valence electrons. The molecule has 0 spiro atoms. The third-order valence-corrected chi connectivity index (χ3v) is 5.66. The lowest BCUT2D eigenvalue weighted by molar-refractivity contribution is -0.113. The molecule has 2 N–H and O–H groups in total. The zero-order chi connectivity index (χ0) is 19.8.